The minimum Gasteiger partial charge on any atom is -0.435 e. The van der Waals surface area contributed by atoms with Crippen molar-refractivity contribution in [2.24, 2.45) is 0 Å². The summed E-state index contributed by atoms with van der Waals surface area (Å²) >= 11 is 1.84. The number of hydrogen-bond acceptors (Lipinski definition) is 4. The van der Waals surface area contributed by atoms with Crippen molar-refractivity contribution in [1.29, 1.82) is 0 Å². The smallest absolute Gasteiger partial charge is 0.227 e. The summed E-state index contributed by atoms with van der Waals surface area (Å²) in [4.78, 5) is 7.43. The highest BCUT2D eigenvalue weighted by molar-refractivity contribution is 7.25. The average molecular weight is 595 g/mol. The summed E-state index contributed by atoms with van der Waals surface area (Å²) < 4.78 is 9.02. The Labute approximate surface area is 264 Å². The fourth-order valence-corrected chi connectivity index (χ4v) is 7.55. The monoisotopic (exact) mass is 594 g/mol. The van der Waals surface area contributed by atoms with E-state index in [1.165, 1.54) is 25.7 Å². The van der Waals surface area contributed by atoms with Crippen molar-refractivity contribution in [3.8, 4) is 22.6 Å². The molecule has 0 saturated carbocycles. The van der Waals surface area contributed by atoms with E-state index in [0.717, 1.165) is 50.1 Å². The molecule has 212 valence electrons. The predicted molar refractivity (Wildman–Crippen MR) is 190 cm³/mol. The molecular weight excluding hydrogens is 569 g/mol. The Balaban J connectivity index is 1.35. The third-order valence-electron chi connectivity index (χ3n) is 8.49. The van der Waals surface area contributed by atoms with E-state index in [9.17, 15) is 0 Å². The quantitative estimate of drug-likeness (QED) is 0.198. The van der Waals surface area contributed by atoms with Crippen LogP contribution in [0.15, 0.2) is 162 Å². The van der Waals surface area contributed by atoms with E-state index in [1.54, 1.807) is 0 Å². The number of nitrogens with zero attached hydrogens (tertiary/aromatic N) is 2. The first kappa shape index (κ1) is 25.8. The molecule has 0 saturated heterocycles. The van der Waals surface area contributed by atoms with Crippen molar-refractivity contribution >= 4 is 70.4 Å². The highest BCUT2D eigenvalue weighted by Gasteiger charge is 2.23. The van der Waals surface area contributed by atoms with Gasteiger partial charge in [0.25, 0.3) is 0 Å². The third-order valence-corrected chi connectivity index (χ3v) is 9.62. The van der Waals surface area contributed by atoms with Crippen molar-refractivity contribution in [2.75, 3.05) is 4.90 Å². The van der Waals surface area contributed by atoms with Gasteiger partial charge >= 0.3 is 0 Å². The van der Waals surface area contributed by atoms with Crippen LogP contribution in [0.3, 0.4) is 0 Å². The topological polar surface area (TPSA) is 29.3 Å². The minimum atomic E-state index is 0.621. The Morgan fingerprint density at radius 3 is 1.96 bits per heavy atom. The van der Waals surface area contributed by atoms with Crippen molar-refractivity contribution in [1.82, 2.24) is 4.98 Å². The zero-order valence-corrected chi connectivity index (χ0v) is 25.0. The summed E-state index contributed by atoms with van der Waals surface area (Å²) in [5.41, 5.74) is 8.14. The van der Waals surface area contributed by atoms with Crippen LogP contribution in [-0.2, 0) is 0 Å². The lowest BCUT2D eigenvalue weighted by molar-refractivity contribution is 0.623. The number of rotatable bonds is 5. The normalized spacial score (nSPS) is 11.6. The molecule has 0 unspecified atom stereocenters. The van der Waals surface area contributed by atoms with Crippen LogP contribution in [0.5, 0.6) is 0 Å². The van der Waals surface area contributed by atoms with Crippen LogP contribution in [0.4, 0.5) is 17.1 Å². The Morgan fingerprint density at radius 2 is 1.13 bits per heavy atom. The highest BCUT2D eigenvalue weighted by Crippen LogP contribution is 2.47. The Hall–Kier alpha value is -5.71. The van der Waals surface area contributed by atoms with Crippen LogP contribution < -0.4 is 4.90 Å². The van der Waals surface area contributed by atoms with Gasteiger partial charge in [0.15, 0.2) is 5.58 Å². The second-order valence-corrected chi connectivity index (χ2v) is 12.3. The molecule has 0 fully saturated rings. The van der Waals surface area contributed by atoms with E-state index in [-0.39, 0.29) is 0 Å². The maximum atomic E-state index is 6.47. The van der Waals surface area contributed by atoms with Crippen LogP contribution in [0.25, 0.3) is 64.6 Å². The van der Waals surface area contributed by atoms with Gasteiger partial charge in [0.05, 0.1) is 11.4 Å². The number of para-hydroxylation sites is 1. The third kappa shape index (κ3) is 4.30. The van der Waals surface area contributed by atoms with Crippen molar-refractivity contribution in [3.05, 3.63) is 158 Å². The highest BCUT2D eigenvalue weighted by atomic mass is 32.1. The molecule has 0 atom stereocenters. The molecule has 0 spiro atoms. The fraction of sp³-hybridized carbons (Fsp3) is 0. The lowest BCUT2D eigenvalue weighted by Crippen LogP contribution is -2.11. The number of aromatic nitrogens is 1. The first-order valence-electron chi connectivity index (χ1n) is 15.1. The Morgan fingerprint density at radius 1 is 0.489 bits per heavy atom. The fourth-order valence-electron chi connectivity index (χ4n) is 6.42. The maximum absolute atomic E-state index is 6.47. The van der Waals surface area contributed by atoms with E-state index in [0.29, 0.717) is 5.89 Å². The van der Waals surface area contributed by atoms with Crippen LogP contribution in [0.2, 0.25) is 0 Å². The number of fused-ring (bicyclic) bond motifs is 6. The molecule has 0 radical (unpaired) electrons. The summed E-state index contributed by atoms with van der Waals surface area (Å²) in [6.45, 7) is 0. The van der Waals surface area contributed by atoms with E-state index in [1.807, 2.05) is 41.7 Å². The summed E-state index contributed by atoms with van der Waals surface area (Å²) in [5, 5.41) is 4.70. The molecule has 0 aliphatic carbocycles. The van der Waals surface area contributed by atoms with E-state index in [4.69, 9.17) is 9.40 Å². The van der Waals surface area contributed by atoms with Crippen LogP contribution in [-0.4, -0.2) is 4.98 Å². The molecule has 9 aromatic rings. The number of hydrogen-bond donors (Lipinski definition) is 0. The summed E-state index contributed by atoms with van der Waals surface area (Å²) in [6, 6.07) is 55.6. The zero-order chi connectivity index (χ0) is 29.7. The molecule has 0 N–H and O–H groups in total. The van der Waals surface area contributed by atoms with Gasteiger partial charge in [0, 0.05) is 47.8 Å². The van der Waals surface area contributed by atoms with Gasteiger partial charge in [-0.1, -0.05) is 115 Å². The summed E-state index contributed by atoms with van der Waals surface area (Å²) in [6.07, 6.45) is 0. The lowest BCUT2D eigenvalue weighted by Gasteiger charge is -2.29. The van der Waals surface area contributed by atoms with Crippen LogP contribution in [0, 0.1) is 0 Å². The standard InChI is InChI=1S/C41H26N2OS/c1-3-13-27(14-4-1)30-17-9-11-21-36(30)43(29-23-24-33-32-19-10-12-22-38(32)45-39(33)25-29)37-26-35-40(34-20-8-7-18-31(34)37)44-41(42-35)28-15-5-2-6-16-28/h1-26H. The number of anilines is 3. The molecule has 9 rings (SSSR count). The summed E-state index contributed by atoms with van der Waals surface area (Å²) in [7, 11) is 0. The van der Waals surface area contributed by atoms with Gasteiger partial charge in [0.2, 0.25) is 5.89 Å². The van der Waals surface area contributed by atoms with Crippen molar-refractivity contribution in [3.63, 3.8) is 0 Å². The number of benzene rings is 7. The summed E-state index contributed by atoms with van der Waals surface area (Å²) in [5.74, 6) is 0.621. The Bertz CT molecular complexity index is 2500. The van der Waals surface area contributed by atoms with E-state index in [2.05, 4.69) is 132 Å². The molecule has 45 heavy (non-hydrogen) atoms. The first-order chi connectivity index (χ1) is 22.3. The maximum Gasteiger partial charge on any atom is 0.227 e. The SMILES string of the molecule is c1ccc(-c2nc3cc(N(c4ccc5c(c4)sc4ccccc45)c4ccccc4-c4ccccc4)c4ccccc4c3o2)cc1. The van der Waals surface area contributed by atoms with Gasteiger partial charge in [0.1, 0.15) is 5.52 Å². The van der Waals surface area contributed by atoms with Crippen LogP contribution >= 0.6 is 11.3 Å². The van der Waals surface area contributed by atoms with E-state index < -0.39 is 0 Å². The molecule has 0 amide bonds. The molecule has 0 bridgehead atoms. The molecule has 0 aliphatic rings. The first-order valence-corrected chi connectivity index (χ1v) is 15.9. The lowest BCUT2D eigenvalue weighted by atomic mass is 10.00. The number of thiophene rings is 1. The van der Waals surface area contributed by atoms with Gasteiger partial charge in [-0.2, -0.15) is 0 Å². The van der Waals surface area contributed by atoms with Crippen molar-refractivity contribution < 1.29 is 4.42 Å². The molecule has 4 heteroatoms. The largest absolute Gasteiger partial charge is 0.435 e. The Kier molecular flexibility index (Phi) is 6.00. The molecule has 2 heterocycles. The average Bonchev–Trinajstić information content (AvgIpc) is 3.71. The second kappa shape index (κ2) is 10.5. The molecule has 3 nitrogen and oxygen atoms in total. The molecular formula is C41H26N2OS. The predicted octanol–water partition coefficient (Wildman–Crippen LogP) is 12.2. The molecule has 7 aromatic carbocycles. The van der Waals surface area contributed by atoms with Crippen molar-refractivity contribution in [2.45, 2.75) is 0 Å². The van der Waals surface area contributed by atoms with Gasteiger partial charge in [-0.15, -0.1) is 11.3 Å². The number of oxazole rings is 1. The molecule has 2 aromatic heterocycles. The van der Waals surface area contributed by atoms with Gasteiger partial charge < -0.3 is 9.32 Å². The van der Waals surface area contributed by atoms with Gasteiger partial charge in [-0.25, -0.2) is 4.98 Å². The molecule has 0 aliphatic heterocycles. The second-order valence-electron chi connectivity index (χ2n) is 11.2. The van der Waals surface area contributed by atoms with Gasteiger partial charge in [-0.05, 0) is 48.0 Å². The van der Waals surface area contributed by atoms with Crippen LogP contribution in [0.1, 0.15) is 0 Å². The zero-order valence-electron chi connectivity index (χ0n) is 24.2. The van der Waals surface area contributed by atoms with Gasteiger partial charge in [-0.3, -0.25) is 0 Å². The van der Waals surface area contributed by atoms with E-state index >= 15 is 0 Å². The minimum absolute atomic E-state index is 0.621.